The molecule has 1 heterocycles. The zero-order chi connectivity index (χ0) is 19.4. The van der Waals surface area contributed by atoms with E-state index in [1.165, 1.54) is 35.6 Å². The van der Waals surface area contributed by atoms with Crippen LogP contribution in [0.5, 0.6) is 5.75 Å². The highest BCUT2D eigenvalue weighted by atomic mass is 35.5. The molecule has 2 aromatic carbocycles. The number of thiazole rings is 1. The molecule has 140 valence electrons. The van der Waals surface area contributed by atoms with Gasteiger partial charge < -0.3 is 4.74 Å². The Morgan fingerprint density at radius 1 is 1.26 bits per heavy atom. The van der Waals surface area contributed by atoms with Crippen molar-refractivity contribution in [3.8, 4) is 5.75 Å². The van der Waals surface area contributed by atoms with Crippen molar-refractivity contribution >= 4 is 44.3 Å². The predicted molar refractivity (Wildman–Crippen MR) is 102 cm³/mol. The first-order valence-corrected chi connectivity index (χ1v) is 10.2. The molecular formula is C16H12ClN3O5S2. The second-order valence-electron chi connectivity index (χ2n) is 5.27. The maximum atomic E-state index is 12.5. The van der Waals surface area contributed by atoms with Gasteiger partial charge in [0.05, 0.1) is 26.7 Å². The van der Waals surface area contributed by atoms with E-state index in [1.807, 2.05) is 5.38 Å². The summed E-state index contributed by atoms with van der Waals surface area (Å²) in [6.45, 7) is 0.253. The van der Waals surface area contributed by atoms with E-state index in [4.69, 9.17) is 16.3 Å². The van der Waals surface area contributed by atoms with Crippen LogP contribution in [0.4, 0.5) is 11.4 Å². The fourth-order valence-electron chi connectivity index (χ4n) is 2.13. The summed E-state index contributed by atoms with van der Waals surface area (Å²) < 4.78 is 33.0. The molecule has 0 unspecified atom stereocenters. The Balaban J connectivity index is 1.78. The van der Waals surface area contributed by atoms with Gasteiger partial charge in [-0.2, -0.15) is 0 Å². The fraction of sp³-hybridized carbons (Fsp3) is 0.0625. The number of aromatic nitrogens is 1. The third kappa shape index (κ3) is 4.73. The molecule has 0 radical (unpaired) electrons. The third-order valence-electron chi connectivity index (χ3n) is 3.38. The SMILES string of the molecule is O=[N+]([O-])c1cc(S(=O)(=O)Nc2cccc(OCc3cscn3)c2)ccc1Cl. The van der Waals surface area contributed by atoms with Crippen LogP contribution in [0.2, 0.25) is 5.02 Å². The number of nitro groups is 1. The molecule has 0 fully saturated rings. The van der Waals surface area contributed by atoms with E-state index in [0.29, 0.717) is 5.75 Å². The minimum absolute atomic E-state index is 0.142. The summed E-state index contributed by atoms with van der Waals surface area (Å²) in [6, 6.07) is 9.62. The van der Waals surface area contributed by atoms with Gasteiger partial charge in [-0.1, -0.05) is 17.7 Å². The summed E-state index contributed by atoms with van der Waals surface area (Å²) in [5.41, 5.74) is 2.22. The lowest BCUT2D eigenvalue weighted by molar-refractivity contribution is -0.384. The van der Waals surface area contributed by atoms with E-state index < -0.39 is 20.6 Å². The molecule has 0 aliphatic heterocycles. The van der Waals surface area contributed by atoms with Crippen LogP contribution in [0.3, 0.4) is 0 Å². The molecule has 3 aromatic rings. The lowest BCUT2D eigenvalue weighted by Crippen LogP contribution is -2.13. The molecule has 0 aliphatic carbocycles. The number of ether oxygens (including phenoxy) is 1. The van der Waals surface area contributed by atoms with Crippen molar-refractivity contribution in [1.82, 2.24) is 4.98 Å². The quantitative estimate of drug-likeness (QED) is 0.450. The van der Waals surface area contributed by atoms with Gasteiger partial charge in [0.15, 0.2) is 0 Å². The van der Waals surface area contributed by atoms with Crippen LogP contribution in [0.15, 0.2) is 58.3 Å². The average molecular weight is 426 g/mol. The molecule has 0 saturated carbocycles. The van der Waals surface area contributed by atoms with Crippen molar-refractivity contribution < 1.29 is 18.1 Å². The Labute approximate surface area is 163 Å². The predicted octanol–water partition coefficient (Wildman–Crippen LogP) is 4.08. The fourth-order valence-corrected chi connectivity index (χ4v) is 3.93. The first kappa shape index (κ1) is 19.1. The summed E-state index contributed by atoms with van der Waals surface area (Å²) >= 11 is 7.17. The van der Waals surface area contributed by atoms with Crippen LogP contribution < -0.4 is 9.46 Å². The third-order valence-corrected chi connectivity index (χ3v) is 5.71. The van der Waals surface area contributed by atoms with Gasteiger partial charge in [-0.15, -0.1) is 11.3 Å². The Morgan fingerprint density at radius 3 is 2.78 bits per heavy atom. The summed E-state index contributed by atoms with van der Waals surface area (Å²) in [4.78, 5) is 14.0. The van der Waals surface area contributed by atoms with Gasteiger partial charge in [0.25, 0.3) is 15.7 Å². The van der Waals surface area contributed by atoms with Gasteiger partial charge in [0, 0.05) is 17.5 Å². The average Bonchev–Trinajstić information content (AvgIpc) is 3.13. The second-order valence-corrected chi connectivity index (χ2v) is 8.08. The highest BCUT2D eigenvalue weighted by Gasteiger charge is 2.21. The highest BCUT2D eigenvalue weighted by Crippen LogP contribution is 2.28. The van der Waals surface area contributed by atoms with Crippen molar-refractivity contribution in [1.29, 1.82) is 0 Å². The first-order valence-electron chi connectivity index (χ1n) is 7.42. The van der Waals surface area contributed by atoms with E-state index in [0.717, 1.165) is 11.8 Å². The molecule has 11 heteroatoms. The number of anilines is 1. The largest absolute Gasteiger partial charge is 0.487 e. The van der Waals surface area contributed by atoms with Crippen LogP contribution in [-0.2, 0) is 16.6 Å². The topological polar surface area (TPSA) is 111 Å². The minimum Gasteiger partial charge on any atom is -0.487 e. The van der Waals surface area contributed by atoms with Crippen LogP contribution in [0, 0.1) is 10.1 Å². The number of sulfonamides is 1. The molecule has 1 N–H and O–H groups in total. The van der Waals surface area contributed by atoms with Crippen molar-refractivity contribution in [2.75, 3.05) is 4.72 Å². The molecule has 0 saturated heterocycles. The van der Waals surface area contributed by atoms with Gasteiger partial charge in [0.2, 0.25) is 0 Å². The minimum atomic E-state index is -4.04. The number of hydrogen-bond donors (Lipinski definition) is 1. The summed E-state index contributed by atoms with van der Waals surface area (Å²) in [7, 11) is -4.04. The maximum Gasteiger partial charge on any atom is 0.289 e. The van der Waals surface area contributed by atoms with Gasteiger partial charge in [-0.3, -0.25) is 14.8 Å². The number of nitro benzene ring substituents is 1. The number of halogens is 1. The molecule has 27 heavy (non-hydrogen) atoms. The molecule has 1 aromatic heterocycles. The lowest BCUT2D eigenvalue weighted by atomic mass is 10.3. The Bertz CT molecular complexity index is 1070. The maximum absolute atomic E-state index is 12.5. The van der Waals surface area contributed by atoms with Crippen LogP contribution >= 0.6 is 22.9 Å². The van der Waals surface area contributed by atoms with Crippen molar-refractivity contribution in [2.24, 2.45) is 0 Å². The number of nitrogens with zero attached hydrogens (tertiary/aromatic N) is 2. The molecule has 0 atom stereocenters. The van der Waals surface area contributed by atoms with E-state index >= 15 is 0 Å². The molecular weight excluding hydrogens is 414 g/mol. The van der Waals surface area contributed by atoms with Gasteiger partial charge in [-0.25, -0.2) is 13.4 Å². The van der Waals surface area contributed by atoms with E-state index in [-0.39, 0.29) is 22.2 Å². The molecule has 0 bridgehead atoms. The van der Waals surface area contributed by atoms with Crippen LogP contribution in [0.1, 0.15) is 5.69 Å². The van der Waals surface area contributed by atoms with E-state index in [1.54, 1.807) is 17.6 Å². The molecule has 0 aliphatic rings. The van der Waals surface area contributed by atoms with Crippen LogP contribution in [0.25, 0.3) is 0 Å². The number of hydrogen-bond acceptors (Lipinski definition) is 7. The Hall–Kier alpha value is -2.69. The van der Waals surface area contributed by atoms with Crippen molar-refractivity contribution in [3.05, 3.63) is 74.2 Å². The lowest BCUT2D eigenvalue weighted by Gasteiger charge is -2.10. The molecule has 8 nitrogen and oxygen atoms in total. The van der Waals surface area contributed by atoms with Gasteiger partial charge in [0.1, 0.15) is 17.4 Å². The van der Waals surface area contributed by atoms with Crippen LogP contribution in [-0.4, -0.2) is 18.3 Å². The van der Waals surface area contributed by atoms with E-state index in [2.05, 4.69) is 9.71 Å². The smallest absolute Gasteiger partial charge is 0.289 e. The Morgan fingerprint density at radius 2 is 2.07 bits per heavy atom. The summed E-state index contributed by atoms with van der Waals surface area (Å²) in [5, 5.41) is 12.7. The number of nitrogens with one attached hydrogen (secondary N) is 1. The Kier molecular flexibility index (Phi) is 5.59. The first-order chi connectivity index (χ1) is 12.8. The standard InChI is InChI=1S/C16H12ClN3O5S2/c17-15-5-4-14(7-16(15)20(21)22)27(23,24)19-11-2-1-3-13(6-11)25-8-12-9-26-10-18-12/h1-7,9-10,19H,8H2. The van der Waals surface area contributed by atoms with Crippen molar-refractivity contribution in [3.63, 3.8) is 0 Å². The van der Waals surface area contributed by atoms with Gasteiger partial charge >= 0.3 is 0 Å². The summed E-state index contributed by atoms with van der Waals surface area (Å²) in [5.74, 6) is 0.449. The molecule has 0 amide bonds. The second kappa shape index (κ2) is 7.91. The number of benzene rings is 2. The summed E-state index contributed by atoms with van der Waals surface area (Å²) in [6.07, 6.45) is 0. The van der Waals surface area contributed by atoms with Crippen molar-refractivity contribution in [2.45, 2.75) is 11.5 Å². The highest BCUT2D eigenvalue weighted by molar-refractivity contribution is 7.92. The zero-order valence-corrected chi connectivity index (χ0v) is 15.9. The molecule has 3 rings (SSSR count). The monoisotopic (exact) mass is 425 g/mol. The number of rotatable bonds is 7. The normalized spacial score (nSPS) is 11.1. The molecule has 0 spiro atoms. The van der Waals surface area contributed by atoms with E-state index in [9.17, 15) is 18.5 Å². The van der Waals surface area contributed by atoms with Gasteiger partial charge in [-0.05, 0) is 24.3 Å². The zero-order valence-electron chi connectivity index (χ0n) is 13.5.